The summed E-state index contributed by atoms with van der Waals surface area (Å²) in [6, 6.07) is 6.19. The fourth-order valence-electron chi connectivity index (χ4n) is 3.77. The van der Waals surface area contributed by atoms with Crippen LogP contribution in [-0.2, 0) is 17.8 Å². The molecule has 1 heterocycles. The van der Waals surface area contributed by atoms with E-state index in [1.165, 1.54) is 16.0 Å². The molecule has 1 saturated heterocycles. The van der Waals surface area contributed by atoms with Gasteiger partial charge in [0.1, 0.15) is 21.8 Å². The van der Waals surface area contributed by atoms with Crippen molar-refractivity contribution >= 4 is 23.2 Å². The first-order valence-electron chi connectivity index (χ1n) is 8.72. The molecule has 1 aliphatic heterocycles. The second-order valence-electron chi connectivity index (χ2n) is 8.13. The van der Waals surface area contributed by atoms with Gasteiger partial charge in [0.15, 0.2) is 0 Å². The third-order valence-corrected chi connectivity index (χ3v) is 6.77. The van der Waals surface area contributed by atoms with Gasteiger partial charge in [-0.3, -0.25) is 0 Å². The predicted octanol–water partition coefficient (Wildman–Crippen LogP) is 3.56. The summed E-state index contributed by atoms with van der Waals surface area (Å²) in [5, 5.41) is 9.25. The average Bonchev–Trinajstić information content (AvgIpc) is 2.82. The zero-order chi connectivity index (χ0) is 18.4. The Balaban J connectivity index is 2.02. The Kier molecular flexibility index (Phi) is 4.62. The van der Waals surface area contributed by atoms with E-state index in [-0.39, 0.29) is 5.41 Å². The standard InChI is InChI=1S/C19H26N2O3S/c1-13-6-5-7-14-15(13)12-19(8-10-21(11-9-19)17(22)23)16(14)20-25(24)18(2,3)4/h5-7H,8-12H2,1-4H3,(H,22,23)/b20-16+/t25-/m1/s1. The summed E-state index contributed by atoms with van der Waals surface area (Å²) in [5.41, 5.74) is 4.33. The van der Waals surface area contributed by atoms with E-state index in [4.69, 9.17) is 4.40 Å². The van der Waals surface area contributed by atoms with Crippen LogP contribution >= 0.6 is 0 Å². The smallest absolute Gasteiger partial charge is 0.407 e. The molecule has 1 aromatic rings. The van der Waals surface area contributed by atoms with Gasteiger partial charge in [0, 0.05) is 24.1 Å². The van der Waals surface area contributed by atoms with Gasteiger partial charge in [-0.25, -0.2) is 4.79 Å². The van der Waals surface area contributed by atoms with Crippen molar-refractivity contribution in [2.75, 3.05) is 13.1 Å². The first kappa shape index (κ1) is 18.3. The zero-order valence-electron chi connectivity index (χ0n) is 15.3. The number of likely N-dealkylation sites (tertiary alicyclic amines) is 1. The van der Waals surface area contributed by atoms with E-state index in [1.807, 2.05) is 26.8 Å². The highest BCUT2D eigenvalue weighted by Crippen LogP contribution is 2.46. The van der Waals surface area contributed by atoms with Crippen molar-refractivity contribution in [2.45, 2.75) is 51.7 Å². The van der Waals surface area contributed by atoms with Crippen LogP contribution in [0.5, 0.6) is 0 Å². The Hall–Kier alpha value is -1.53. The van der Waals surface area contributed by atoms with Crippen molar-refractivity contribution in [1.29, 1.82) is 0 Å². The molecule has 25 heavy (non-hydrogen) atoms. The van der Waals surface area contributed by atoms with Crippen molar-refractivity contribution in [1.82, 2.24) is 4.90 Å². The van der Waals surface area contributed by atoms with E-state index in [0.717, 1.165) is 30.5 Å². The minimum atomic E-state index is -1.33. The number of hydrogen-bond acceptors (Lipinski definition) is 3. The molecule has 5 nitrogen and oxygen atoms in total. The van der Waals surface area contributed by atoms with E-state index >= 15 is 0 Å². The van der Waals surface area contributed by atoms with Gasteiger partial charge in [0.05, 0.1) is 0 Å². The van der Waals surface area contributed by atoms with Gasteiger partial charge in [0.25, 0.3) is 0 Å². The molecule has 0 radical (unpaired) electrons. The number of hydrogen-bond donors (Lipinski definition) is 1. The zero-order valence-corrected chi connectivity index (χ0v) is 16.2. The normalized spacial score (nSPS) is 22.3. The molecule has 136 valence electrons. The quantitative estimate of drug-likeness (QED) is 0.776. The highest BCUT2D eigenvalue weighted by atomic mass is 32.2. The molecule has 0 aromatic heterocycles. The third-order valence-electron chi connectivity index (χ3n) is 5.37. The fourth-order valence-corrected chi connectivity index (χ4v) is 4.50. The van der Waals surface area contributed by atoms with Crippen molar-refractivity contribution < 1.29 is 14.5 Å². The Morgan fingerprint density at radius 1 is 1.32 bits per heavy atom. The van der Waals surface area contributed by atoms with Crippen LogP contribution in [-0.4, -0.2) is 44.2 Å². The molecule has 0 unspecified atom stereocenters. The maximum atomic E-state index is 12.7. The highest BCUT2D eigenvalue weighted by Gasteiger charge is 2.48. The average molecular weight is 362 g/mol. The van der Waals surface area contributed by atoms with E-state index in [1.54, 1.807) is 0 Å². The molecule has 1 aliphatic carbocycles. The summed E-state index contributed by atoms with van der Waals surface area (Å²) in [6.45, 7) is 8.90. The largest absolute Gasteiger partial charge is 0.591 e. The lowest BCUT2D eigenvalue weighted by Gasteiger charge is -2.38. The molecule has 1 aromatic carbocycles. The minimum Gasteiger partial charge on any atom is -0.591 e. The second-order valence-corrected chi connectivity index (χ2v) is 10.0. The minimum absolute atomic E-state index is 0.193. The first-order chi connectivity index (χ1) is 11.6. The number of amides is 1. The summed E-state index contributed by atoms with van der Waals surface area (Å²) >= 11 is -1.33. The summed E-state index contributed by atoms with van der Waals surface area (Å²) in [6.07, 6.45) is 1.46. The SMILES string of the molecule is Cc1cccc2c1CC1(CCN(C(=O)O)CC1)/C2=N/[S@+]([O-])C(C)(C)C. The summed E-state index contributed by atoms with van der Waals surface area (Å²) in [4.78, 5) is 12.7. The maximum Gasteiger partial charge on any atom is 0.407 e. The molecule has 6 heteroatoms. The number of aryl methyl sites for hydroxylation is 1. The number of fused-ring (bicyclic) bond motifs is 1. The van der Waals surface area contributed by atoms with Crippen molar-refractivity contribution in [3.63, 3.8) is 0 Å². The molecule has 1 fully saturated rings. The second kappa shape index (κ2) is 6.32. The van der Waals surface area contributed by atoms with Gasteiger partial charge >= 0.3 is 6.09 Å². The van der Waals surface area contributed by atoms with Gasteiger partial charge in [-0.2, -0.15) is 0 Å². The fraction of sp³-hybridized carbons (Fsp3) is 0.579. The predicted molar refractivity (Wildman–Crippen MR) is 101 cm³/mol. The van der Waals surface area contributed by atoms with Crippen molar-refractivity contribution in [2.24, 2.45) is 9.81 Å². The van der Waals surface area contributed by atoms with Crippen LogP contribution in [0.25, 0.3) is 0 Å². The molecule has 1 N–H and O–H groups in total. The molecule has 1 atom stereocenters. The van der Waals surface area contributed by atoms with Crippen LogP contribution in [0.1, 0.15) is 50.3 Å². The summed E-state index contributed by atoms with van der Waals surface area (Å²) in [5.74, 6) is 0. The topological polar surface area (TPSA) is 76.0 Å². The molecular weight excluding hydrogens is 336 g/mol. The molecule has 0 bridgehead atoms. The lowest BCUT2D eigenvalue weighted by atomic mass is 9.74. The number of benzene rings is 1. The lowest BCUT2D eigenvalue weighted by Crippen LogP contribution is -2.45. The molecule has 3 rings (SSSR count). The Morgan fingerprint density at radius 3 is 2.52 bits per heavy atom. The molecular formula is C19H26N2O3S. The number of piperidine rings is 1. The van der Waals surface area contributed by atoms with Crippen LogP contribution in [0.3, 0.4) is 0 Å². The number of carbonyl (C=O) groups is 1. The third kappa shape index (κ3) is 3.29. The van der Waals surface area contributed by atoms with Gasteiger partial charge in [0.2, 0.25) is 0 Å². The van der Waals surface area contributed by atoms with Crippen LogP contribution in [0.4, 0.5) is 4.79 Å². The van der Waals surface area contributed by atoms with Crippen LogP contribution in [0.15, 0.2) is 22.6 Å². The van der Waals surface area contributed by atoms with Crippen molar-refractivity contribution in [3.05, 3.63) is 34.9 Å². The summed E-state index contributed by atoms with van der Waals surface area (Å²) < 4.78 is 17.0. The summed E-state index contributed by atoms with van der Waals surface area (Å²) in [7, 11) is 0. The molecule has 2 aliphatic rings. The van der Waals surface area contributed by atoms with E-state index in [2.05, 4.69) is 19.1 Å². The molecule has 0 saturated carbocycles. The number of nitrogens with zero attached hydrogens (tertiary/aromatic N) is 2. The van der Waals surface area contributed by atoms with E-state index in [0.29, 0.717) is 13.1 Å². The molecule has 1 spiro atoms. The van der Waals surface area contributed by atoms with Crippen LogP contribution in [0, 0.1) is 12.3 Å². The monoisotopic (exact) mass is 362 g/mol. The van der Waals surface area contributed by atoms with Gasteiger partial charge in [-0.05, 0) is 58.1 Å². The molecule has 1 amide bonds. The highest BCUT2D eigenvalue weighted by molar-refractivity contribution is 7.91. The van der Waals surface area contributed by atoms with Gasteiger partial charge < -0.3 is 14.6 Å². The Labute approximate surface area is 152 Å². The van der Waals surface area contributed by atoms with E-state index < -0.39 is 22.2 Å². The number of rotatable bonds is 1. The first-order valence-corrected chi connectivity index (χ1v) is 9.83. The van der Waals surface area contributed by atoms with E-state index in [9.17, 15) is 14.5 Å². The van der Waals surface area contributed by atoms with Gasteiger partial charge in [-0.1, -0.05) is 22.6 Å². The number of carboxylic acid groups (broad SMARTS) is 1. The van der Waals surface area contributed by atoms with Gasteiger partial charge in [-0.15, -0.1) is 0 Å². The van der Waals surface area contributed by atoms with Crippen molar-refractivity contribution in [3.8, 4) is 0 Å². The van der Waals surface area contributed by atoms with Crippen LogP contribution < -0.4 is 0 Å². The van der Waals surface area contributed by atoms with Crippen LogP contribution in [0.2, 0.25) is 0 Å². The lowest BCUT2D eigenvalue weighted by molar-refractivity contribution is 0.115. The Bertz CT molecular complexity index is 716. The Morgan fingerprint density at radius 2 is 1.96 bits per heavy atom. The maximum absolute atomic E-state index is 12.7.